The Balaban J connectivity index is 1.98. The molecule has 1 unspecified atom stereocenters. The molecule has 1 amide bonds. The molecule has 2 N–H and O–H groups in total. The molecule has 3 aromatic rings. The number of nitrogens with two attached hydrogens (primary N) is 1. The van der Waals surface area contributed by atoms with Crippen molar-refractivity contribution >= 4 is 50.8 Å². The number of nitrogens with zero attached hydrogens (tertiary/aromatic N) is 1. The number of fused-ring (bicyclic) bond motifs is 1. The zero-order valence-corrected chi connectivity index (χ0v) is 15.4. The number of benzene rings is 2. The van der Waals surface area contributed by atoms with Crippen molar-refractivity contribution in [1.82, 2.24) is 4.98 Å². The molecule has 142 valence electrons. The number of thiazole rings is 1. The van der Waals surface area contributed by atoms with Crippen LogP contribution in [0.4, 0.5) is 18.0 Å². The van der Waals surface area contributed by atoms with Gasteiger partial charge < -0.3 is 15.2 Å². The number of amides is 1. The number of carbonyl (C=O) groups is 1. The van der Waals surface area contributed by atoms with E-state index >= 15 is 0 Å². The molecule has 0 radical (unpaired) electrons. The summed E-state index contributed by atoms with van der Waals surface area (Å²) in [5.41, 5.74) is 4.94. The van der Waals surface area contributed by atoms with E-state index in [4.69, 9.17) is 33.7 Å². The van der Waals surface area contributed by atoms with E-state index in [-0.39, 0.29) is 26.6 Å². The Hall–Kier alpha value is -2.23. The van der Waals surface area contributed by atoms with Crippen LogP contribution in [0.15, 0.2) is 36.4 Å². The molecule has 2 aromatic carbocycles. The van der Waals surface area contributed by atoms with Crippen molar-refractivity contribution in [1.29, 1.82) is 0 Å². The number of carbonyl (C=O) groups excluding carboxylic acids is 1. The van der Waals surface area contributed by atoms with E-state index in [1.54, 1.807) is 0 Å². The molecule has 1 aromatic heterocycles. The van der Waals surface area contributed by atoms with Gasteiger partial charge in [-0.25, -0.2) is 9.78 Å². The Morgan fingerprint density at radius 1 is 1.19 bits per heavy atom. The van der Waals surface area contributed by atoms with Crippen LogP contribution in [-0.4, -0.2) is 17.3 Å². The highest BCUT2D eigenvalue weighted by molar-refractivity contribution is 7.20. The maximum Gasteiger partial charge on any atom is 0.429 e. The molecule has 0 aliphatic carbocycles. The van der Waals surface area contributed by atoms with Crippen molar-refractivity contribution < 1.29 is 27.4 Å². The van der Waals surface area contributed by atoms with E-state index in [0.717, 1.165) is 11.3 Å². The van der Waals surface area contributed by atoms with Crippen LogP contribution in [0, 0.1) is 0 Å². The number of alkyl halides is 3. The second-order valence-corrected chi connectivity index (χ2v) is 7.01. The van der Waals surface area contributed by atoms with E-state index in [9.17, 15) is 18.0 Å². The van der Waals surface area contributed by atoms with Gasteiger partial charge in [0.25, 0.3) is 5.19 Å². The SMILES string of the molecule is NC(=O)Oc1nc2ccc(OC(c3c(Cl)cccc3Cl)C(F)(F)F)cc2s1. The number of primary amides is 1. The molecule has 5 nitrogen and oxygen atoms in total. The van der Waals surface area contributed by atoms with Gasteiger partial charge in [0.15, 0.2) is 0 Å². The number of hydrogen-bond donors (Lipinski definition) is 1. The maximum absolute atomic E-state index is 13.6. The smallest absolute Gasteiger partial charge is 0.429 e. The summed E-state index contributed by atoms with van der Waals surface area (Å²) >= 11 is 12.8. The van der Waals surface area contributed by atoms with Gasteiger partial charge in [0, 0.05) is 15.6 Å². The molecule has 0 aliphatic rings. The average molecular weight is 437 g/mol. The monoisotopic (exact) mass is 436 g/mol. The molecular weight excluding hydrogens is 428 g/mol. The predicted octanol–water partition coefficient (Wildman–Crippen LogP) is 5.74. The van der Waals surface area contributed by atoms with Gasteiger partial charge >= 0.3 is 12.3 Å². The average Bonchev–Trinajstić information content (AvgIpc) is 2.93. The molecule has 27 heavy (non-hydrogen) atoms. The zero-order valence-electron chi connectivity index (χ0n) is 13.1. The molecular formula is C16H9Cl2F3N2O3S. The van der Waals surface area contributed by atoms with Crippen LogP contribution in [0.2, 0.25) is 10.0 Å². The molecule has 11 heteroatoms. The summed E-state index contributed by atoms with van der Waals surface area (Å²) in [6.07, 6.45) is -8.18. The van der Waals surface area contributed by atoms with E-state index in [1.165, 1.54) is 36.4 Å². The number of rotatable bonds is 4. The summed E-state index contributed by atoms with van der Waals surface area (Å²) in [6.45, 7) is 0. The second kappa shape index (κ2) is 7.41. The Labute approximate surface area is 164 Å². The van der Waals surface area contributed by atoms with Crippen LogP contribution < -0.4 is 15.2 Å². The lowest BCUT2D eigenvalue weighted by molar-refractivity contribution is -0.197. The van der Waals surface area contributed by atoms with Crippen molar-refractivity contribution in [3.8, 4) is 10.9 Å². The molecule has 0 bridgehead atoms. The molecule has 0 saturated heterocycles. The third-order valence-corrected chi connectivity index (χ3v) is 4.90. The van der Waals surface area contributed by atoms with Gasteiger partial charge in [-0.05, 0) is 30.3 Å². The minimum atomic E-state index is -4.77. The quantitative estimate of drug-likeness (QED) is 0.565. The summed E-state index contributed by atoms with van der Waals surface area (Å²) in [7, 11) is 0. The van der Waals surface area contributed by atoms with E-state index in [2.05, 4.69) is 9.72 Å². The van der Waals surface area contributed by atoms with Crippen LogP contribution in [0.1, 0.15) is 11.7 Å². The molecule has 1 heterocycles. The van der Waals surface area contributed by atoms with Gasteiger partial charge in [-0.1, -0.05) is 40.6 Å². The molecule has 0 aliphatic heterocycles. The lowest BCUT2D eigenvalue weighted by Crippen LogP contribution is -2.26. The summed E-state index contributed by atoms with van der Waals surface area (Å²) in [6, 6.07) is 8.10. The van der Waals surface area contributed by atoms with Gasteiger partial charge in [0.2, 0.25) is 6.10 Å². The first-order valence-electron chi connectivity index (χ1n) is 7.20. The first-order valence-corrected chi connectivity index (χ1v) is 8.77. The Morgan fingerprint density at radius 2 is 1.85 bits per heavy atom. The van der Waals surface area contributed by atoms with Gasteiger partial charge in [-0.15, -0.1) is 0 Å². The van der Waals surface area contributed by atoms with Gasteiger partial charge in [0.1, 0.15) is 5.75 Å². The van der Waals surface area contributed by atoms with Gasteiger partial charge in [0.05, 0.1) is 10.2 Å². The van der Waals surface area contributed by atoms with E-state index in [1.807, 2.05) is 0 Å². The number of aromatic nitrogens is 1. The predicted molar refractivity (Wildman–Crippen MR) is 95.7 cm³/mol. The third-order valence-electron chi connectivity index (χ3n) is 3.34. The van der Waals surface area contributed by atoms with E-state index in [0.29, 0.717) is 10.2 Å². The minimum Gasteiger partial charge on any atom is -0.476 e. The topological polar surface area (TPSA) is 74.4 Å². The standard InChI is InChI=1S/C16H9Cl2F3N2O3S/c17-8-2-1-3-9(18)12(8)13(16(19,20)21)25-7-4-5-10-11(6-7)27-15(23-10)26-14(22)24/h1-6,13H,(H2,22,24). The Morgan fingerprint density at radius 3 is 2.44 bits per heavy atom. The van der Waals surface area contributed by atoms with Crippen LogP contribution in [-0.2, 0) is 0 Å². The molecule has 1 atom stereocenters. The summed E-state index contributed by atoms with van der Waals surface area (Å²) in [4.78, 5) is 14.8. The number of halogens is 5. The molecule has 0 fully saturated rings. The van der Waals surface area contributed by atoms with Crippen LogP contribution in [0.25, 0.3) is 10.2 Å². The fourth-order valence-corrected chi connectivity index (χ4v) is 3.72. The van der Waals surface area contributed by atoms with Crippen LogP contribution in [0.3, 0.4) is 0 Å². The first kappa shape index (κ1) is 19.5. The van der Waals surface area contributed by atoms with Gasteiger partial charge in [-0.3, -0.25) is 0 Å². The lowest BCUT2D eigenvalue weighted by Gasteiger charge is -2.24. The van der Waals surface area contributed by atoms with Gasteiger partial charge in [-0.2, -0.15) is 13.2 Å². The highest BCUT2D eigenvalue weighted by Gasteiger charge is 2.45. The summed E-state index contributed by atoms with van der Waals surface area (Å²) in [5.74, 6) is -0.0879. The first-order chi connectivity index (χ1) is 12.6. The molecule has 3 rings (SSSR count). The normalized spacial score (nSPS) is 12.8. The van der Waals surface area contributed by atoms with Crippen molar-refractivity contribution in [2.24, 2.45) is 5.73 Å². The van der Waals surface area contributed by atoms with E-state index < -0.39 is 18.4 Å². The molecule has 0 saturated carbocycles. The van der Waals surface area contributed by atoms with Crippen LogP contribution in [0.5, 0.6) is 10.9 Å². The summed E-state index contributed by atoms with van der Waals surface area (Å²) in [5, 5.41) is -0.363. The lowest BCUT2D eigenvalue weighted by atomic mass is 10.1. The van der Waals surface area contributed by atoms with Crippen molar-refractivity contribution in [2.45, 2.75) is 12.3 Å². The third kappa shape index (κ3) is 4.37. The number of ether oxygens (including phenoxy) is 2. The maximum atomic E-state index is 13.6. The van der Waals surface area contributed by atoms with Crippen molar-refractivity contribution in [3.05, 3.63) is 52.0 Å². The summed E-state index contributed by atoms with van der Waals surface area (Å²) < 4.78 is 51.1. The Bertz CT molecular complexity index is 990. The van der Waals surface area contributed by atoms with Crippen molar-refractivity contribution in [2.75, 3.05) is 0 Å². The zero-order chi connectivity index (χ0) is 19.8. The highest BCUT2D eigenvalue weighted by atomic mass is 35.5. The Kier molecular flexibility index (Phi) is 5.36. The van der Waals surface area contributed by atoms with Crippen molar-refractivity contribution in [3.63, 3.8) is 0 Å². The van der Waals surface area contributed by atoms with Crippen LogP contribution >= 0.6 is 34.5 Å². The largest absolute Gasteiger partial charge is 0.476 e. The fraction of sp³-hybridized carbons (Fsp3) is 0.125. The minimum absolute atomic E-state index is 0.0313. The molecule has 0 spiro atoms. The second-order valence-electron chi connectivity index (χ2n) is 5.21. The number of hydrogen-bond acceptors (Lipinski definition) is 5. The fourth-order valence-electron chi connectivity index (χ4n) is 2.27. The highest BCUT2D eigenvalue weighted by Crippen LogP contribution is 2.43.